The summed E-state index contributed by atoms with van der Waals surface area (Å²) in [5.74, 6) is 1.90. The van der Waals surface area contributed by atoms with E-state index in [0.29, 0.717) is 56.1 Å². The highest BCUT2D eigenvalue weighted by molar-refractivity contribution is 5.97. The topological polar surface area (TPSA) is 97.6 Å². The average Bonchev–Trinajstić information content (AvgIpc) is 2.75. The monoisotopic (exact) mass is 454 g/mol. The van der Waals surface area contributed by atoms with E-state index in [1.165, 1.54) is 0 Å². The van der Waals surface area contributed by atoms with Gasteiger partial charge in [-0.1, -0.05) is 32.6 Å². The Kier molecular flexibility index (Phi) is 6.88. The Morgan fingerprint density at radius 1 is 1.27 bits per heavy atom. The number of allylic oxidation sites excluding steroid dienone is 1. The largest absolute Gasteiger partial charge is 0.390 e. The van der Waals surface area contributed by atoms with E-state index in [-0.39, 0.29) is 17.4 Å². The van der Waals surface area contributed by atoms with Crippen LogP contribution in [-0.2, 0) is 9.53 Å². The van der Waals surface area contributed by atoms with Gasteiger partial charge in [0.15, 0.2) is 0 Å². The lowest BCUT2D eigenvalue weighted by Crippen LogP contribution is -2.61. The zero-order chi connectivity index (χ0) is 23.6. The summed E-state index contributed by atoms with van der Waals surface area (Å²) in [5, 5.41) is 26.6. The smallest absolute Gasteiger partial charge is 0.255 e. The molecule has 33 heavy (non-hydrogen) atoms. The van der Waals surface area contributed by atoms with Gasteiger partial charge in [0, 0.05) is 25.6 Å². The fourth-order valence-electron chi connectivity index (χ4n) is 6.48. The molecule has 0 spiro atoms. The van der Waals surface area contributed by atoms with Crippen molar-refractivity contribution in [3.8, 4) is 6.07 Å². The Morgan fingerprint density at radius 3 is 2.52 bits per heavy atom. The van der Waals surface area contributed by atoms with Crippen molar-refractivity contribution in [1.82, 2.24) is 15.5 Å². The number of nitrogens with zero attached hydrogens (tertiary/aromatic N) is 2. The van der Waals surface area contributed by atoms with Gasteiger partial charge in [-0.3, -0.25) is 4.79 Å². The van der Waals surface area contributed by atoms with Crippen molar-refractivity contribution in [2.75, 3.05) is 26.3 Å². The quantitative estimate of drug-likeness (QED) is 0.385. The van der Waals surface area contributed by atoms with E-state index in [1.807, 2.05) is 26.1 Å². The summed E-state index contributed by atoms with van der Waals surface area (Å²) in [6.45, 7) is 10.6. The van der Waals surface area contributed by atoms with Crippen LogP contribution in [-0.4, -0.2) is 53.9 Å². The first-order chi connectivity index (χ1) is 15.7. The zero-order valence-corrected chi connectivity index (χ0v) is 20.0. The standard InChI is InChI=1S/C26H38N4O3/c1-4-21(23(30-9-11-33-12-10-30)28-8-6-25(2,3)5-7-27)24(31)29-22-19-13-18-14-20(22)17-26(32,15-18)16-19/h4,6,8,18-20,22,28,32H,1,5,9-17H2,2-3H3,(H,29,31)/b8-6+,23-21-/t18?,19?,20?,22-,26+. The van der Waals surface area contributed by atoms with Crippen LogP contribution in [0.4, 0.5) is 0 Å². The maximum absolute atomic E-state index is 13.5. The summed E-state index contributed by atoms with van der Waals surface area (Å²) < 4.78 is 5.51. The molecule has 3 N–H and O–H groups in total. The van der Waals surface area contributed by atoms with Crippen molar-refractivity contribution in [3.63, 3.8) is 0 Å². The number of hydrogen-bond donors (Lipinski definition) is 3. The minimum atomic E-state index is -0.517. The number of amides is 1. The highest BCUT2D eigenvalue weighted by Crippen LogP contribution is 2.55. The van der Waals surface area contributed by atoms with E-state index in [4.69, 9.17) is 10.00 Å². The van der Waals surface area contributed by atoms with Crippen molar-refractivity contribution in [1.29, 1.82) is 5.26 Å². The predicted octanol–water partition coefficient (Wildman–Crippen LogP) is 2.82. The molecule has 0 aromatic heterocycles. The Hall–Kier alpha value is -2.30. The van der Waals surface area contributed by atoms with Crippen LogP contribution in [0.1, 0.15) is 52.4 Å². The van der Waals surface area contributed by atoms with Gasteiger partial charge in [0.1, 0.15) is 5.82 Å². The molecular weight excluding hydrogens is 416 g/mol. The van der Waals surface area contributed by atoms with Crippen LogP contribution in [0, 0.1) is 34.5 Å². The molecule has 0 aromatic carbocycles. The molecule has 2 atom stereocenters. The number of aliphatic hydroxyl groups is 1. The van der Waals surface area contributed by atoms with Gasteiger partial charge in [-0.2, -0.15) is 5.26 Å². The highest BCUT2D eigenvalue weighted by atomic mass is 16.5. The molecule has 4 bridgehead atoms. The molecular formula is C26H38N4O3. The molecule has 1 saturated heterocycles. The highest BCUT2D eigenvalue weighted by Gasteiger charge is 2.55. The van der Waals surface area contributed by atoms with Gasteiger partial charge in [-0.05, 0) is 61.5 Å². The lowest BCUT2D eigenvalue weighted by Gasteiger charge is -2.58. The van der Waals surface area contributed by atoms with Gasteiger partial charge in [-0.25, -0.2) is 0 Å². The number of rotatable bonds is 8. The summed E-state index contributed by atoms with van der Waals surface area (Å²) in [7, 11) is 0. The van der Waals surface area contributed by atoms with Crippen molar-refractivity contribution in [2.24, 2.45) is 23.2 Å². The van der Waals surface area contributed by atoms with Gasteiger partial charge in [0.2, 0.25) is 0 Å². The van der Waals surface area contributed by atoms with Crippen molar-refractivity contribution < 1.29 is 14.6 Å². The van der Waals surface area contributed by atoms with Crippen molar-refractivity contribution >= 4 is 5.91 Å². The molecule has 2 unspecified atom stereocenters. The number of ether oxygens (including phenoxy) is 1. The lowest BCUT2D eigenvalue weighted by atomic mass is 9.52. The van der Waals surface area contributed by atoms with Crippen LogP contribution in [0.25, 0.3) is 0 Å². The van der Waals surface area contributed by atoms with E-state index in [1.54, 1.807) is 6.08 Å². The van der Waals surface area contributed by atoms with E-state index in [0.717, 1.165) is 37.9 Å². The third kappa shape index (κ3) is 5.28. The maximum atomic E-state index is 13.5. The van der Waals surface area contributed by atoms with Gasteiger partial charge in [0.25, 0.3) is 5.91 Å². The first-order valence-corrected chi connectivity index (χ1v) is 12.3. The Balaban J connectivity index is 1.54. The average molecular weight is 455 g/mol. The fourth-order valence-corrected chi connectivity index (χ4v) is 6.48. The second-order valence-corrected chi connectivity index (χ2v) is 11.1. The van der Waals surface area contributed by atoms with Gasteiger partial charge in [-0.15, -0.1) is 0 Å². The van der Waals surface area contributed by atoms with Crippen molar-refractivity contribution in [2.45, 2.75) is 64.0 Å². The molecule has 1 amide bonds. The number of morpholine rings is 1. The Labute approximate surface area is 197 Å². The third-order valence-corrected chi connectivity index (χ3v) is 7.86. The SMILES string of the molecule is C=C/C(C(=O)N[C@H]1C2CC3CC1C[C@@](O)(C3)C2)=C(\N/C=C/C(C)(C)CC#N)N1CCOCC1. The molecule has 1 aliphatic heterocycles. The number of nitrogens with one attached hydrogen (secondary N) is 2. The predicted molar refractivity (Wildman–Crippen MR) is 126 cm³/mol. The molecule has 5 fully saturated rings. The lowest BCUT2D eigenvalue weighted by molar-refractivity contribution is -0.145. The minimum Gasteiger partial charge on any atom is -0.390 e. The minimum absolute atomic E-state index is 0.111. The molecule has 5 aliphatic rings. The normalized spacial score (nSPS) is 34.1. The second-order valence-electron chi connectivity index (χ2n) is 11.1. The van der Waals surface area contributed by atoms with Crippen LogP contribution in [0.5, 0.6) is 0 Å². The van der Waals surface area contributed by atoms with E-state index in [2.05, 4.69) is 28.2 Å². The van der Waals surface area contributed by atoms with Gasteiger partial charge >= 0.3 is 0 Å². The van der Waals surface area contributed by atoms with E-state index >= 15 is 0 Å². The number of carbonyl (C=O) groups excluding carboxylic acids is 1. The summed E-state index contributed by atoms with van der Waals surface area (Å²) >= 11 is 0. The van der Waals surface area contributed by atoms with Crippen LogP contribution in [0.2, 0.25) is 0 Å². The maximum Gasteiger partial charge on any atom is 0.255 e. The summed E-state index contributed by atoms with van der Waals surface area (Å²) in [4.78, 5) is 15.7. The van der Waals surface area contributed by atoms with E-state index < -0.39 is 5.60 Å². The molecule has 7 heteroatoms. The number of carbonyl (C=O) groups is 1. The molecule has 7 nitrogen and oxygen atoms in total. The van der Waals surface area contributed by atoms with Crippen LogP contribution in [0.15, 0.2) is 36.3 Å². The molecule has 4 aliphatic carbocycles. The number of nitriles is 1. The molecule has 0 radical (unpaired) electrons. The number of hydrogen-bond acceptors (Lipinski definition) is 6. The van der Waals surface area contributed by atoms with Crippen LogP contribution in [0.3, 0.4) is 0 Å². The van der Waals surface area contributed by atoms with E-state index in [9.17, 15) is 9.90 Å². The first kappa shape index (κ1) is 23.8. The van der Waals surface area contributed by atoms with Crippen molar-refractivity contribution in [3.05, 3.63) is 36.3 Å². The third-order valence-electron chi connectivity index (χ3n) is 7.86. The zero-order valence-electron chi connectivity index (χ0n) is 20.0. The van der Waals surface area contributed by atoms with Crippen LogP contribution < -0.4 is 10.6 Å². The molecule has 4 saturated carbocycles. The van der Waals surface area contributed by atoms with Gasteiger partial charge < -0.3 is 25.4 Å². The summed E-state index contributed by atoms with van der Waals surface area (Å²) in [6.07, 6.45) is 10.6. The first-order valence-electron chi connectivity index (χ1n) is 12.3. The second kappa shape index (κ2) is 9.52. The fraction of sp³-hybridized carbons (Fsp3) is 0.692. The molecule has 0 aromatic rings. The molecule has 1 heterocycles. The van der Waals surface area contributed by atoms with Gasteiger partial charge in [0.05, 0.1) is 30.5 Å². The molecule has 180 valence electrons. The van der Waals surface area contributed by atoms with Crippen LogP contribution >= 0.6 is 0 Å². The molecule has 5 rings (SSSR count). The summed E-state index contributed by atoms with van der Waals surface area (Å²) in [5.41, 5.74) is -0.266. The Morgan fingerprint density at radius 2 is 1.94 bits per heavy atom. The summed E-state index contributed by atoms with van der Waals surface area (Å²) in [6, 6.07) is 2.33. The Bertz CT molecular complexity index is 849.